The predicted molar refractivity (Wildman–Crippen MR) is 166 cm³/mol. The molecule has 1 fully saturated rings. The van der Waals surface area contributed by atoms with Crippen LogP contribution < -0.4 is 15.4 Å². The molecule has 0 atom stereocenters. The van der Waals surface area contributed by atoms with Gasteiger partial charge in [0.2, 0.25) is 5.91 Å². The van der Waals surface area contributed by atoms with Crippen molar-refractivity contribution in [2.24, 2.45) is 0 Å². The highest BCUT2D eigenvalue weighted by atomic mass is 16.5. The standard InChI is InChI=1S/C33H33N7O2/c1-38(24-9-6-10-24)20-8-15-29(41)39(2)25-11-7-12-26(21-25)40-33-30(32(34)35-22-36-33)31(37-40)23-16-18-28(19-17-23)42-27-13-4-3-5-14-27/h3-5,7-8,11-19,21-22,24H,6,9-10,20H2,1-2H3,(H2,34,35,36)/b15-8+. The second-order valence-electron chi connectivity index (χ2n) is 10.5. The van der Waals surface area contributed by atoms with E-state index in [1.165, 1.54) is 25.6 Å². The molecule has 1 saturated carbocycles. The van der Waals surface area contributed by atoms with Crippen LogP contribution in [0, 0.1) is 0 Å². The van der Waals surface area contributed by atoms with Gasteiger partial charge in [-0.15, -0.1) is 0 Å². The number of nitrogens with two attached hydrogens (primary N) is 1. The van der Waals surface area contributed by atoms with E-state index >= 15 is 0 Å². The van der Waals surface area contributed by atoms with E-state index in [0.717, 1.165) is 29.2 Å². The van der Waals surface area contributed by atoms with Gasteiger partial charge in [0.15, 0.2) is 5.65 Å². The van der Waals surface area contributed by atoms with Crippen LogP contribution in [0.2, 0.25) is 0 Å². The Labute approximate surface area is 244 Å². The number of amides is 1. The summed E-state index contributed by atoms with van der Waals surface area (Å²) < 4.78 is 7.69. The van der Waals surface area contributed by atoms with Crippen molar-refractivity contribution in [1.82, 2.24) is 24.6 Å². The number of carbonyl (C=O) groups is 1. The number of para-hydroxylation sites is 1. The van der Waals surface area contributed by atoms with Crippen LogP contribution in [0.1, 0.15) is 19.3 Å². The molecule has 3 aromatic carbocycles. The first-order chi connectivity index (χ1) is 20.5. The summed E-state index contributed by atoms with van der Waals surface area (Å²) in [5, 5.41) is 5.57. The molecule has 0 aliphatic heterocycles. The number of nitrogens with zero attached hydrogens (tertiary/aromatic N) is 6. The van der Waals surface area contributed by atoms with Crippen molar-refractivity contribution in [3.05, 3.63) is 97.3 Å². The molecule has 1 aliphatic rings. The average Bonchev–Trinajstić information content (AvgIpc) is 3.38. The third kappa shape index (κ3) is 5.59. The van der Waals surface area contributed by atoms with E-state index in [1.54, 1.807) is 22.7 Å². The van der Waals surface area contributed by atoms with Gasteiger partial charge in [-0.3, -0.25) is 9.69 Å². The molecule has 1 amide bonds. The molecule has 2 N–H and O–H groups in total. The summed E-state index contributed by atoms with van der Waals surface area (Å²) in [7, 11) is 3.88. The highest BCUT2D eigenvalue weighted by molar-refractivity contribution is 6.01. The Balaban J connectivity index is 1.26. The predicted octanol–water partition coefficient (Wildman–Crippen LogP) is 5.86. The topological polar surface area (TPSA) is 102 Å². The Morgan fingerprint density at radius 1 is 1.00 bits per heavy atom. The highest BCUT2D eigenvalue weighted by Gasteiger charge is 2.21. The Kier molecular flexibility index (Phi) is 7.66. The summed E-state index contributed by atoms with van der Waals surface area (Å²) in [4.78, 5) is 25.6. The van der Waals surface area contributed by atoms with Crippen LogP contribution in [0.5, 0.6) is 11.5 Å². The molecule has 0 saturated heterocycles. The lowest BCUT2D eigenvalue weighted by molar-refractivity contribution is -0.113. The largest absolute Gasteiger partial charge is 0.457 e. The van der Waals surface area contributed by atoms with Gasteiger partial charge in [0.05, 0.1) is 11.1 Å². The highest BCUT2D eigenvalue weighted by Crippen LogP contribution is 2.33. The minimum Gasteiger partial charge on any atom is -0.457 e. The number of anilines is 2. The zero-order valence-electron chi connectivity index (χ0n) is 23.7. The van der Waals surface area contributed by atoms with E-state index in [-0.39, 0.29) is 5.91 Å². The van der Waals surface area contributed by atoms with Crippen LogP contribution in [0.15, 0.2) is 97.3 Å². The molecule has 0 radical (unpaired) electrons. The fourth-order valence-electron chi connectivity index (χ4n) is 5.03. The molecule has 0 spiro atoms. The quantitative estimate of drug-likeness (QED) is 0.226. The molecule has 2 heterocycles. The number of rotatable bonds is 9. The summed E-state index contributed by atoms with van der Waals surface area (Å²) in [6.07, 6.45) is 8.77. The Morgan fingerprint density at radius 2 is 1.76 bits per heavy atom. The molecular weight excluding hydrogens is 526 g/mol. The fraction of sp³-hybridized carbons (Fsp3) is 0.212. The van der Waals surface area contributed by atoms with E-state index in [0.29, 0.717) is 34.3 Å². The van der Waals surface area contributed by atoms with Crippen LogP contribution in [0.4, 0.5) is 11.5 Å². The van der Waals surface area contributed by atoms with Gasteiger partial charge in [0, 0.05) is 37.0 Å². The SMILES string of the molecule is CN(C(=O)/C=C/CN(C)C1CCC1)c1cccc(-n2nc(-c3ccc(Oc4ccccc4)cc3)c3c(N)ncnc32)c1. The maximum absolute atomic E-state index is 13.0. The number of carbonyl (C=O) groups excluding carboxylic acids is 1. The van der Waals surface area contributed by atoms with Crippen molar-refractivity contribution in [3.63, 3.8) is 0 Å². The minimum absolute atomic E-state index is 0.0930. The van der Waals surface area contributed by atoms with Crippen molar-refractivity contribution in [2.45, 2.75) is 25.3 Å². The first-order valence-corrected chi connectivity index (χ1v) is 14.1. The van der Waals surface area contributed by atoms with Crippen molar-refractivity contribution >= 4 is 28.4 Å². The molecule has 42 heavy (non-hydrogen) atoms. The monoisotopic (exact) mass is 559 g/mol. The summed E-state index contributed by atoms with van der Waals surface area (Å²) in [5.74, 6) is 1.72. The van der Waals surface area contributed by atoms with E-state index < -0.39 is 0 Å². The van der Waals surface area contributed by atoms with Crippen molar-refractivity contribution in [2.75, 3.05) is 31.3 Å². The van der Waals surface area contributed by atoms with Gasteiger partial charge < -0.3 is 15.4 Å². The van der Waals surface area contributed by atoms with E-state index in [2.05, 4.69) is 21.9 Å². The molecular formula is C33H33N7O2. The summed E-state index contributed by atoms with van der Waals surface area (Å²) in [6.45, 7) is 0.757. The number of ether oxygens (including phenoxy) is 1. The number of benzene rings is 3. The average molecular weight is 560 g/mol. The third-order valence-corrected chi connectivity index (χ3v) is 7.74. The molecule has 5 aromatic rings. The molecule has 2 aromatic heterocycles. The van der Waals surface area contributed by atoms with E-state index in [1.807, 2.05) is 84.9 Å². The molecule has 9 nitrogen and oxygen atoms in total. The second kappa shape index (κ2) is 11.8. The van der Waals surface area contributed by atoms with Gasteiger partial charge in [-0.1, -0.05) is 36.8 Å². The van der Waals surface area contributed by atoms with E-state index in [4.69, 9.17) is 15.6 Å². The van der Waals surface area contributed by atoms with Gasteiger partial charge in [0.1, 0.15) is 29.3 Å². The van der Waals surface area contributed by atoms with Crippen LogP contribution in [-0.4, -0.2) is 57.2 Å². The first kappa shape index (κ1) is 27.2. The lowest BCUT2D eigenvalue weighted by Crippen LogP contribution is -2.37. The van der Waals surface area contributed by atoms with Crippen LogP contribution >= 0.6 is 0 Å². The zero-order chi connectivity index (χ0) is 29.1. The summed E-state index contributed by atoms with van der Waals surface area (Å²) >= 11 is 0. The Morgan fingerprint density at radius 3 is 2.50 bits per heavy atom. The first-order valence-electron chi connectivity index (χ1n) is 14.1. The zero-order valence-corrected chi connectivity index (χ0v) is 23.7. The van der Waals surface area contributed by atoms with Gasteiger partial charge in [-0.2, -0.15) is 5.10 Å². The fourth-order valence-corrected chi connectivity index (χ4v) is 5.03. The van der Waals surface area contributed by atoms with Crippen molar-refractivity contribution < 1.29 is 9.53 Å². The number of hydrogen-bond donors (Lipinski definition) is 1. The lowest BCUT2D eigenvalue weighted by Gasteiger charge is -2.33. The number of nitrogen functional groups attached to an aromatic ring is 1. The molecule has 0 unspecified atom stereocenters. The minimum atomic E-state index is -0.0930. The van der Waals surface area contributed by atoms with Gasteiger partial charge >= 0.3 is 0 Å². The van der Waals surface area contributed by atoms with E-state index in [9.17, 15) is 4.79 Å². The van der Waals surface area contributed by atoms with Gasteiger partial charge in [0.25, 0.3) is 0 Å². The van der Waals surface area contributed by atoms with Gasteiger partial charge in [-0.05, 0) is 74.5 Å². The lowest BCUT2D eigenvalue weighted by atomic mass is 9.92. The summed E-state index contributed by atoms with van der Waals surface area (Å²) in [6, 6.07) is 25.6. The van der Waals surface area contributed by atoms with Gasteiger partial charge in [-0.25, -0.2) is 14.6 Å². The number of fused-ring (bicyclic) bond motifs is 1. The number of likely N-dealkylation sites (N-methyl/N-ethyl adjacent to an activating group) is 2. The Bertz CT molecular complexity index is 1730. The number of hydrogen-bond acceptors (Lipinski definition) is 7. The number of aromatic nitrogens is 4. The third-order valence-electron chi connectivity index (χ3n) is 7.74. The second-order valence-corrected chi connectivity index (χ2v) is 10.5. The molecule has 6 rings (SSSR count). The normalized spacial score (nSPS) is 13.5. The summed E-state index contributed by atoms with van der Waals surface area (Å²) in [5.41, 5.74) is 9.91. The maximum atomic E-state index is 13.0. The Hall–Kier alpha value is -5.02. The molecule has 1 aliphatic carbocycles. The smallest absolute Gasteiger partial charge is 0.250 e. The van der Waals surface area contributed by atoms with Crippen molar-refractivity contribution in [1.29, 1.82) is 0 Å². The van der Waals surface area contributed by atoms with Crippen molar-refractivity contribution in [3.8, 4) is 28.4 Å². The molecule has 9 heteroatoms. The van der Waals surface area contributed by atoms with Crippen LogP contribution in [0.25, 0.3) is 28.0 Å². The van der Waals surface area contributed by atoms with Crippen LogP contribution in [-0.2, 0) is 4.79 Å². The maximum Gasteiger partial charge on any atom is 0.250 e. The van der Waals surface area contributed by atoms with Crippen LogP contribution in [0.3, 0.4) is 0 Å². The molecule has 212 valence electrons. The molecule has 0 bridgehead atoms.